The average molecular weight is 336 g/mol. The summed E-state index contributed by atoms with van der Waals surface area (Å²) in [4.78, 5) is 35.9. The number of hydrogen-bond acceptors (Lipinski definition) is 3. The van der Waals surface area contributed by atoms with Crippen molar-refractivity contribution < 1.29 is 14.4 Å². The van der Waals surface area contributed by atoms with Gasteiger partial charge in [-0.3, -0.25) is 25.2 Å². The normalized spacial score (nSPS) is 12.3. The van der Waals surface area contributed by atoms with E-state index in [-0.39, 0.29) is 24.5 Å². The fourth-order valence-corrected chi connectivity index (χ4v) is 2.97. The Kier molecular flexibility index (Phi) is 5.23. The van der Waals surface area contributed by atoms with E-state index in [0.717, 1.165) is 19.3 Å². The third kappa shape index (κ3) is 4.32. The smallest absolute Gasteiger partial charge is 0.269 e. The maximum atomic E-state index is 12.2. The third-order valence-electron chi connectivity index (χ3n) is 4.35. The summed E-state index contributed by atoms with van der Waals surface area (Å²) < 4.78 is 0. The van der Waals surface area contributed by atoms with Crippen LogP contribution in [-0.2, 0) is 17.6 Å². The van der Waals surface area contributed by atoms with Gasteiger partial charge >= 0.3 is 0 Å². The second-order valence-electron chi connectivity index (χ2n) is 6.13. The molecule has 0 atom stereocenters. The first kappa shape index (κ1) is 16.9. The molecule has 0 radical (unpaired) electrons. The van der Waals surface area contributed by atoms with Gasteiger partial charge in [0.15, 0.2) is 5.78 Å². The number of hydrazine groups is 1. The van der Waals surface area contributed by atoms with Gasteiger partial charge < -0.3 is 0 Å². The molecule has 0 fully saturated rings. The third-order valence-corrected chi connectivity index (χ3v) is 4.35. The largest absolute Gasteiger partial charge is 0.294 e. The van der Waals surface area contributed by atoms with E-state index < -0.39 is 5.91 Å². The van der Waals surface area contributed by atoms with Crippen molar-refractivity contribution in [3.05, 3.63) is 70.8 Å². The van der Waals surface area contributed by atoms with Gasteiger partial charge in [-0.1, -0.05) is 30.3 Å². The second kappa shape index (κ2) is 7.75. The van der Waals surface area contributed by atoms with Crippen LogP contribution in [0.4, 0.5) is 0 Å². The molecule has 0 bridgehead atoms. The number of aryl methyl sites for hydroxylation is 2. The number of rotatable bonds is 5. The molecule has 0 spiro atoms. The van der Waals surface area contributed by atoms with E-state index in [2.05, 4.69) is 10.9 Å². The van der Waals surface area contributed by atoms with Gasteiger partial charge in [0.25, 0.3) is 5.91 Å². The van der Waals surface area contributed by atoms with Gasteiger partial charge in [-0.2, -0.15) is 0 Å². The van der Waals surface area contributed by atoms with Crippen LogP contribution in [0, 0.1) is 0 Å². The maximum Gasteiger partial charge on any atom is 0.269 e. The topological polar surface area (TPSA) is 75.3 Å². The number of fused-ring (bicyclic) bond motifs is 1. The fraction of sp³-hybridized carbons (Fsp3) is 0.250. The first-order chi connectivity index (χ1) is 12.1. The standard InChI is InChI=1S/C20H20N2O3/c23-18(17-10-9-14-7-4-8-16(14)13-17)11-12-19(24)21-22-20(25)15-5-2-1-3-6-15/h1-3,5-6,9-10,13H,4,7-8,11-12H2,(H,21,24)(H,22,25). The van der Waals surface area contributed by atoms with Crippen molar-refractivity contribution in [3.63, 3.8) is 0 Å². The molecule has 0 heterocycles. The van der Waals surface area contributed by atoms with E-state index in [4.69, 9.17) is 0 Å². The molecule has 0 aromatic heterocycles. The van der Waals surface area contributed by atoms with Crippen molar-refractivity contribution in [3.8, 4) is 0 Å². The summed E-state index contributed by atoms with van der Waals surface area (Å²) in [6.07, 6.45) is 3.38. The van der Waals surface area contributed by atoms with Crippen LogP contribution in [0.2, 0.25) is 0 Å². The summed E-state index contributed by atoms with van der Waals surface area (Å²) in [5.74, 6) is -0.836. The fourth-order valence-electron chi connectivity index (χ4n) is 2.97. The number of carbonyl (C=O) groups excluding carboxylic acids is 3. The zero-order chi connectivity index (χ0) is 17.6. The van der Waals surface area contributed by atoms with Crippen molar-refractivity contribution in [2.75, 3.05) is 0 Å². The molecule has 2 N–H and O–H groups in total. The van der Waals surface area contributed by atoms with Crippen molar-refractivity contribution in [2.24, 2.45) is 0 Å². The van der Waals surface area contributed by atoms with Crippen LogP contribution < -0.4 is 10.9 Å². The molecule has 0 aliphatic heterocycles. The van der Waals surface area contributed by atoms with Gasteiger partial charge in [-0.25, -0.2) is 0 Å². The van der Waals surface area contributed by atoms with Crippen LogP contribution in [-0.4, -0.2) is 17.6 Å². The predicted octanol–water partition coefficient (Wildman–Crippen LogP) is 2.60. The first-order valence-corrected chi connectivity index (χ1v) is 8.43. The Morgan fingerprint density at radius 2 is 1.56 bits per heavy atom. The van der Waals surface area contributed by atoms with Crippen LogP contribution >= 0.6 is 0 Å². The van der Waals surface area contributed by atoms with Crippen LogP contribution in [0.5, 0.6) is 0 Å². The molecule has 2 aromatic rings. The lowest BCUT2D eigenvalue weighted by molar-refractivity contribution is -0.121. The van der Waals surface area contributed by atoms with Gasteiger partial charge in [0.1, 0.15) is 0 Å². The van der Waals surface area contributed by atoms with Crippen molar-refractivity contribution in [1.82, 2.24) is 10.9 Å². The molecule has 2 amide bonds. The second-order valence-corrected chi connectivity index (χ2v) is 6.13. The highest BCUT2D eigenvalue weighted by atomic mass is 16.2. The molecular weight excluding hydrogens is 316 g/mol. The number of amides is 2. The lowest BCUT2D eigenvalue weighted by atomic mass is 10.0. The van der Waals surface area contributed by atoms with E-state index in [1.165, 1.54) is 11.1 Å². The minimum Gasteiger partial charge on any atom is -0.294 e. The molecule has 2 aromatic carbocycles. The summed E-state index contributed by atoms with van der Waals surface area (Å²) >= 11 is 0. The average Bonchev–Trinajstić information content (AvgIpc) is 3.12. The zero-order valence-electron chi connectivity index (χ0n) is 13.9. The van der Waals surface area contributed by atoms with Gasteiger partial charge in [0.2, 0.25) is 5.91 Å². The van der Waals surface area contributed by atoms with Crippen LogP contribution in [0.3, 0.4) is 0 Å². The van der Waals surface area contributed by atoms with Gasteiger partial charge in [0, 0.05) is 24.0 Å². The van der Waals surface area contributed by atoms with Crippen LogP contribution in [0.1, 0.15) is 51.1 Å². The number of nitrogens with one attached hydrogen (secondary N) is 2. The SMILES string of the molecule is O=C(CCC(=O)c1ccc2c(c1)CCC2)NNC(=O)c1ccccc1. The first-order valence-electron chi connectivity index (χ1n) is 8.43. The highest BCUT2D eigenvalue weighted by molar-refractivity contribution is 5.99. The monoisotopic (exact) mass is 336 g/mol. The highest BCUT2D eigenvalue weighted by Gasteiger charge is 2.15. The van der Waals surface area contributed by atoms with E-state index in [9.17, 15) is 14.4 Å². The molecule has 0 saturated heterocycles. The van der Waals surface area contributed by atoms with E-state index in [0.29, 0.717) is 11.1 Å². The van der Waals surface area contributed by atoms with Crippen molar-refractivity contribution in [1.29, 1.82) is 0 Å². The molecular formula is C20H20N2O3. The van der Waals surface area contributed by atoms with Crippen LogP contribution in [0.25, 0.3) is 0 Å². The molecule has 0 saturated carbocycles. The summed E-state index contributed by atoms with van der Waals surface area (Å²) in [6, 6.07) is 14.4. The maximum absolute atomic E-state index is 12.2. The quantitative estimate of drug-likeness (QED) is 0.651. The Labute approximate surface area is 146 Å². The lowest BCUT2D eigenvalue weighted by Gasteiger charge is -2.07. The molecule has 1 aliphatic carbocycles. The van der Waals surface area contributed by atoms with Gasteiger partial charge in [-0.05, 0) is 48.6 Å². The summed E-state index contributed by atoms with van der Waals surface area (Å²) in [5.41, 5.74) is 8.35. The number of hydrogen-bond donors (Lipinski definition) is 2. The highest BCUT2D eigenvalue weighted by Crippen LogP contribution is 2.23. The Balaban J connectivity index is 1.46. The molecule has 5 nitrogen and oxygen atoms in total. The van der Waals surface area contributed by atoms with E-state index >= 15 is 0 Å². The minimum atomic E-state index is -0.390. The Hall–Kier alpha value is -2.95. The van der Waals surface area contributed by atoms with Crippen LogP contribution in [0.15, 0.2) is 48.5 Å². The predicted molar refractivity (Wildman–Crippen MR) is 94.1 cm³/mol. The van der Waals surface area contributed by atoms with E-state index in [1.54, 1.807) is 30.3 Å². The molecule has 5 heteroatoms. The summed E-state index contributed by atoms with van der Waals surface area (Å²) in [7, 11) is 0. The van der Waals surface area contributed by atoms with Gasteiger partial charge in [0.05, 0.1) is 0 Å². The van der Waals surface area contributed by atoms with Crippen molar-refractivity contribution >= 4 is 17.6 Å². The number of benzene rings is 2. The Bertz CT molecular complexity index is 800. The molecule has 0 unspecified atom stereocenters. The minimum absolute atomic E-state index is 0.0327. The number of Topliss-reactive ketones (excluding diaryl/α,β-unsaturated/α-hetero) is 1. The number of ketones is 1. The zero-order valence-corrected chi connectivity index (χ0v) is 13.9. The number of carbonyl (C=O) groups is 3. The Morgan fingerprint density at radius 1 is 0.800 bits per heavy atom. The summed E-state index contributed by atoms with van der Waals surface area (Å²) in [6.45, 7) is 0. The molecule has 128 valence electrons. The van der Waals surface area contributed by atoms with E-state index in [1.807, 2.05) is 18.2 Å². The van der Waals surface area contributed by atoms with Crippen molar-refractivity contribution in [2.45, 2.75) is 32.1 Å². The Morgan fingerprint density at radius 3 is 2.36 bits per heavy atom. The molecule has 1 aliphatic rings. The molecule has 25 heavy (non-hydrogen) atoms. The summed E-state index contributed by atoms with van der Waals surface area (Å²) in [5, 5.41) is 0. The lowest BCUT2D eigenvalue weighted by Crippen LogP contribution is -2.41. The van der Waals surface area contributed by atoms with Gasteiger partial charge in [-0.15, -0.1) is 0 Å². The molecule has 3 rings (SSSR count).